The van der Waals surface area contributed by atoms with Gasteiger partial charge in [-0.1, -0.05) is 6.42 Å². The summed E-state index contributed by atoms with van der Waals surface area (Å²) >= 11 is 2.30. The Bertz CT molecular complexity index is 306. The number of nitrogens with one attached hydrogen (secondary N) is 1. The maximum Gasteiger partial charge on any atom is 0.119 e. The van der Waals surface area contributed by atoms with Gasteiger partial charge in [0.25, 0.3) is 0 Å². The van der Waals surface area contributed by atoms with Crippen molar-refractivity contribution in [1.82, 2.24) is 5.32 Å². The van der Waals surface area contributed by atoms with Crippen molar-refractivity contribution >= 4 is 22.6 Å². The van der Waals surface area contributed by atoms with Crippen molar-refractivity contribution < 1.29 is 4.74 Å². The Balaban J connectivity index is 1.69. The first-order chi connectivity index (χ1) is 7.84. The third-order valence-corrected chi connectivity index (χ3v) is 3.68. The summed E-state index contributed by atoms with van der Waals surface area (Å²) in [5, 5.41) is 3.53. The van der Waals surface area contributed by atoms with Crippen LogP contribution in [0, 0.1) is 3.57 Å². The number of hydrogen-bond donors (Lipinski definition) is 1. The third kappa shape index (κ3) is 3.94. The fraction of sp³-hybridized carbons (Fsp3) is 0.538. The minimum atomic E-state index is 0.664. The molecule has 88 valence electrons. The van der Waals surface area contributed by atoms with Gasteiger partial charge in [-0.15, -0.1) is 0 Å². The molecule has 2 rings (SSSR count). The van der Waals surface area contributed by atoms with E-state index in [0.717, 1.165) is 18.8 Å². The van der Waals surface area contributed by atoms with Gasteiger partial charge in [0.1, 0.15) is 5.75 Å². The number of halogens is 1. The van der Waals surface area contributed by atoms with Crippen LogP contribution < -0.4 is 10.1 Å². The van der Waals surface area contributed by atoms with Crippen molar-refractivity contribution in [2.45, 2.75) is 31.7 Å². The second-order valence-corrected chi connectivity index (χ2v) is 5.48. The molecule has 1 atom stereocenters. The molecule has 16 heavy (non-hydrogen) atoms. The van der Waals surface area contributed by atoms with Crippen LogP contribution in [0.5, 0.6) is 5.75 Å². The predicted molar refractivity (Wildman–Crippen MR) is 74.9 cm³/mol. The molecule has 0 aromatic heterocycles. The molecule has 3 heteroatoms. The normalized spacial score (nSPS) is 20.7. The number of rotatable bonds is 4. The minimum absolute atomic E-state index is 0.664. The Morgan fingerprint density at radius 2 is 2.06 bits per heavy atom. The van der Waals surface area contributed by atoms with E-state index in [1.165, 1.54) is 29.4 Å². The van der Waals surface area contributed by atoms with Crippen molar-refractivity contribution in [2.75, 3.05) is 13.2 Å². The van der Waals surface area contributed by atoms with E-state index in [4.69, 9.17) is 4.74 Å². The summed E-state index contributed by atoms with van der Waals surface area (Å²) < 4.78 is 6.97. The lowest BCUT2D eigenvalue weighted by atomic mass is 10.0. The van der Waals surface area contributed by atoms with Crippen LogP contribution in [0.3, 0.4) is 0 Å². The van der Waals surface area contributed by atoms with Gasteiger partial charge in [0.15, 0.2) is 0 Å². The molecule has 1 heterocycles. The van der Waals surface area contributed by atoms with E-state index in [9.17, 15) is 0 Å². The molecule has 0 radical (unpaired) electrons. The number of ether oxygens (including phenoxy) is 1. The topological polar surface area (TPSA) is 21.3 Å². The quantitative estimate of drug-likeness (QED) is 0.856. The number of benzene rings is 1. The molecule has 1 N–H and O–H groups in total. The maximum atomic E-state index is 5.72. The van der Waals surface area contributed by atoms with Gasteiger partial charge in [-0.05, 0) is 72.7 Å². The Hall–Kier alpha value is -0.290. The first-order valence-electron chi connectivity index (χ1n) is 5.96. The minimum Gasteiger partial charge on any atom is -0.494 e. The third-order valence-electron chi connectivity index (χ3n) is 2.96. The standard InChI is InChI=1S/C13H18INO/c14-11-4-6-13(7-5-11)16-10-8-12-3-1-2-9-15-12/h4-7,12,15H,1-3,8-10H2. The zero-order valence-corrected chi connectivity index (χ0v) is 11.6. The number of piperidine rings is 1. The first kappa shape index (κ1) is 12.2. The van der Waals surface area contributed by atoms with Gasteiger partial charge in [-0.3, -0.25) is 0 Å². The Kier molecular flexibility index (Phi) is 4.91. The summed E-state index contributed by atoms with van der Waals surface area (Å²) in [5.74, 6) is 0.983. The molecule has 0 aliphatic carbocycles. The van der Waals surface area contributed by atoms with Crippen molar-refractivity contribution in [3.63, 3.8) is 0 Å². The van der Waals surface area contributed by atoms with Gasteiger partial charge in [0.2, 0.25) is 0 Å². The molecule has 1 aromatic carbocycles. The summed E-state index contributed by atoms with van der Waals surface area (Å²) in [6.45, 7) is 1.99. The SMILES string of the molecule is Ic1ccc(OCCC2CCCCN2)cc1. The summed E-state index contributed by atoms with van der Waals surface area (Å²) in [5.41, 5.74) is 0. The maximum absolute atomic E-state index is 5.72. The molecular formula is C13H18INO. The molecule has 0 bridgehead atoms. The fourth-order valence-corrected chi connectivity index (χ4v) is 2.38. The highest BCUT2D eigenvalue weighted by atomic mass is 127. The van der Waals surface area contributed by atoms with E-state index in [2.05, 4.69) is 40.0 Å². The molecular weight excluding hydrogens is 313 g/mol. The van der Waals surface area contributed by atoms with E-state index in [1.807, 2.05) is 12.1 Å². The first-order valence-corrected chi connectivity index (χ1v) is 7.04. The molecule has 0 saturated carbocycles. The van der Waals surface area contributed by atoms with Crippen LogP contribution in [0.4, 0.5) is 0 Å². The van der Waals surface area contributed by atoms with Crippen LogP contribution in [0.2, 0.25) is 0 Å². The highest BCUT2D eigenvalue weighted by Crippen LogP contribution is 2.15. The van der Waals surface area contributed by atoms with Crippen molar-refractivity contribution in [3.05, 3.63) is 27.8 Å². The molecule has 0 spiro atoms. The highest BCUT2D eigenvalue weighted by molar-refractivity contribution is 14.1. The zero-order chi connectivity index (χ0) is 11.2. The average molecular weight is 331 g/mol. The highest BCUT2D eigenvalue weighted by Gasteiger charge is 2.11. The molecule has 1 aliphatic rings. The van der Waals surface area contributed by atoms with Crippen LogP contribution in [0.15, 0.2) is 24.3 Å². The summed E-state index contributed by atoms with van der Waals surface area (Å²) in [6.07, 6.45) is 5.11. The summed E-state index contributed by atoms with van der Waals surface area (Å²) in [4.78, 5) is 0. The van der Waals surface area contributed by atoms with Gasteiger partial charge in [-0.25, -0.2) is 0 Å². The molecule has 1 saturated heterocycles. The molecule has 1 fully saturated rings. The van der Waals surface area contributed by atoms with Crippen LogP contribution in [-0.2, 0) is 0 Å². The Morgan fingerprint density at radius 1 is 1.25 bits per heavy atom. The predicted octanol–water partition coefficient (Wildman–Crippen LogP) is 3.20. The fourth-order valence-electron chi connectivity index (χ4n) is 2.02. The molecule has 2 nitrogen and oxygen atoms in total. The van der Waals surface area contributed by atoms with E-state index in [0.29, 0.717) is 6.04 Å². The molecule has 1 aliphatic heterocycles. The van der Waals surface area contributed by atoms with E-state index < -0.39 is 0 Å². The summed E-state index contributed by atoms with van der Waals surface area (Å²) in [6, 6.07) is 8.90. The zero-order valence-electron chi connectivity index (χ0n) is 9.42. The van der Waals surface area contributed by atoms with E-state index in [1.54, 1.807) is 0 Å². The molecule has 1 aromatic rings. The second kappa shape index (κ2) is 6.45. The van der Waals surface area contributed by atoms with Crippen LogP contribution in [0.25, 0.3) is 0 Å². The van der Waals surface area contributed by atoms with Crippen LogP contribution in [-0.4, -0.2) is 19.2 Å². The van der Waals surface area contributed by atoms with Crippen molar-refractivity contribution in [3.8, 4) is 5.75 Å². The molecule has 1 unspecified atom stereocenters. The second-order valence-electron chi connectivity index (χ2n) is 4.24. The lowest BCUT2D eigenvalue weighted by Crippen LogP contribution is -2.35. The Labute approximate surface area is 111 Å². The van der Waals surface area contributed by atoms with Gasteiger partial charge in [0.05, 0.1) is 6.61 Å². The van der Waals surface area contributed by atoms with E-state index in [-0.39, 0.29) is 0 Å². The average Bonchev–Trinajstić information content (AvgIpc) is 2.33. The van der Waals surface area contributed by atoms with Gasteiger partial charge < -0.3 is 10.1 Å². The smallest absolute Gasteiger partial charge is 0.119 e. The van der Waals surface area contributed by atoms with Gasteiger partial charge in [-0.2, -0.15) is 0 Å². The lowest BCUT2D eigenvalue weighted by molar-refractivity contribution is 0.268. The van der Waals surface area contributed by atoms with Gasteiger partial charge in [0, 0.05) is 9.61 Å². The van der Waals surface area contributed by atoms with Crippen LogP contribution >= 0.6 is 22.6 Å². The monoisotopic (exact) mass is 331 g/mol. The largest absolute Gasteiger partial charge is 0.494 e. The van der Waals surface area contributed by atoms with Crippen molar-refractivity contribution in [2.24, 2.45) is 0 Å². The Morgan fingerprint density at radius 3 is 2.75 bits per heavy atom. The van der Waals surface area contributed by atoms with Crippen molar-refractivity contribution in [1.29, 1.82) is 0 Å². The van der Waals surface area contributed by atoms with Crippen LogP contribution in [0.1, 0.15) is 25.7 Å². The lowest BCUT2D eigenvalue weighted by Gasteiger charge is -2.23. The summed E-state index contributed by atoms with van der Waals surface area (Å²) in [7, 11) is 0. The van der Waals surface area contributed by atoms with Gasteiger partial charge >= 0.3 is 0 Å². The van der Waals surface area contributed by atoms with E-state index >= 15 is 0 Å². The number of hydrogen-bond acceptors (Lipinski definition) is 2. The molecule has 0 amide bonds.